The normalized spacial score (nSPS) is 20.0. The van der Waals surface area contributed by atoms with Gasteiger partial charge in [0.1, 0.15) is 6.61 Å². The van der Waals surface area contributed by atoms with Gasteiger partial charge in [0.25, 0.3) is 0 Å². The van der Waals surface area contributed by atoms with Crippen LogP contribution in [0.25, 0.3) is 0 Å². The van der Waals surface area contributed by atoms with Crippen LogP contribution in [0.2, 0.25) is 5.02 Å². The van der Waals surface area contributed by atoms with Crippen molar-refractivity contribution in [2.24, 2.45) is 10.8 Å². The molecule has 0 saturated heterocycles. The molecule has 0 saturated carbocycles. The van der Waals surface area contributed by atoms with Crippen LogP contribution in [0.4, 0.5) is 0 Å². The maximum Gasteiger partial charge on any atom is 0.174 e. The molecule has 3 aliphatic rings. The first-order chi connectivity index (χ1) is 19.8. The molecule has 0 bridgehead atoms. The summed E-state index contributed by atoms with van der Waals surface area (Å²) >= 11 is 8.36. The summed E-state index contributed by atoms with van der Waals surface area (Å²) in [5.74, 6) is 1.17. The van der Waals surface area contributed by atoms with E-state index in [9.17, 15) is 9.59 Å². The highest BCUT2D eigenvalue weighted by Gasteiger charge is 2.49. The molecule has 0 unspecified atom stereocenters. The van der Waals surface area contributed by atoms with Gasteiger partial charge in [-0.1, -0.05) is 58.4 Å². The lowest BCUT2D eigenvalue weighted by molar-refractivity contribution is -0.119. The van der Waals surface area contributed by atoms with Crippen LogP contribution in [-0.2, 0) is 16.2 Å². The molecule has 1 aliphatic heterocycles. The van der Waals surface area contributed by atoms with Crippen LogP contribution in [-0.4, -0.2) is 29.6 Å². The Balaban J connectivity index is 1.66. The van der Waals surface area contributed by atoms with Gasteiger partial charge in [0, 0.05) is 52.9 Å². The number of hydrogen-bond acceptors (Lipinski definition) is 5. The first-order valence-electron chi connectivity index (χ1n) is 15.0. The number of ether oxygens (including phenoxy) is 2. The van der Waals surface area contributed by atoms with Crippen molar-refractivity contribution in [3.63, 3.8) is 0 Å². The van der Waals surface area contributed by atoms with Gasteiger partial charge in [-0.15, -0.1) is 0 Å². The summed E-state index contributed by atoms with van der Waals surface area (Å²) in [6, 6.07) is 11.7. The summed E-state index contributed by atoms with van der Waals surface area (Å²) in [4.78, 5) is 30.4. The van der Waals surface area contributed by atoms with Gasteiger partial charge in [0.2, 0.25) is 0 Å². The van der Waals surface area contributed by atoms with Crippen LogP contribution in [0.1, 0.15) is 90.7 Å². The fourth-order valence-electron chi connectivity index (χ4n) is 6.77. The van der Waals surface area contributed by atoms with E-state index >= 15 is 0 Å². The van der Waals surface area contributed by atoms with E-state index in [1.807, 2.05) is 37.3 Å². The van der Waals surface area contributed by atoms with E-state index in [-0.39, 0.29) is 22.4 Å². The Morgan fingerprint density at radius 3 is 1.98 bits per heavy atom. The summed E-state index contributed by atoms with van der Waals surface area (Å²) < 4.78 is 13.3. The van der Waals surface area contributed by atoms with Crippen LogP contribution >= 0.6 is 34.2 Å². The predicted molar refractivity (Wildman–Crippen MR) is 176 cm³/mol. The Morgan fingerprint density at radius 2 is 1.45 bits per heavy atom. The molecule has 5 nitrogen and oxygen atoms in total. The van der Waals surface area contributed by atoms with Crippen LogP contribution < -0.4 is 9.47 Å². The van der Waals surface area contributed by atoms with Gasteiger partial charge >= 0.3 is 0 Å². The van der Waals surface area contributed by atoms with Crippen molar-refractivity contribution >= 4 is 45.8 Å². The van der Waals surface area contributed by atoms with Crippen LogP contribution in [0.5, 0.6) is 11.5 Å². The molecule has 0 spiro atoms. The zero-order valence-corrected chi connectivity index (χ0v) is 28.4. The van der Waals surface area contributed by atoms with E-state index in [0.29, 0.717) is 42.6 Å². The maximum atomic E-state index is 14.0. The highest BCUT2D eigenvalue weighted by Crippen LogP contribution is 2.55. The van der Waals surface area contributed by atoms with Gasteiger partial charge in [0.15, 0.2) is 23.1 Å². The summed E-state index contributed by atoms with van der Waals surface area (Å²) in [7, 11) is 0. The molecule has 5 rings (SSSR count). The molecule has 2 aromatic rings. The molecule has 0 N–H and O–H groups in total. The number of carbonyl (C=O) groups excluding carboxylic acids is 2. The SMILES string of the molecule is CCCN1C2=C(C(=O)CC(C)(C)C2)C(c2cc(I)c(OCc3ccc(Cl)cc3)c(OCC)c2)C2=C1CC(C)(C)CC2=O. The summed E-state index contributed by atoms with van der Waals surface area (Å²) in [5, 5.41) is 0.682. The molecule has 0 aromatic heterocycles. The first-order valence-corrected chi connectivity index (χ1v) is 16.4. The molecule has 2 aromatic carbocycles. The van der Waals surface area contributed by atoms with E-state index in [1.165, 1.54) is 0 Å². The van der Waals surface area contributed by atoms with Crippen molar-refractivity contribution < 1.29 is 19.1 Å². The average Bonchev–Trinajstić information content (AvgIpc) is 2.88. The number of nitrogens with zero attached hydrogens (tertiary/aromatic N) is 1. The minimum atomic E-state index is -0.409. The second-order valence-corrected chi connectivity index (χ2v) is 15.0. The molecule has 1 heterocycles. The fraction of sp³-hybridized carbons (Fsp3) is 0.486. The largest absolute Gasteiger partial charge is 0.490 e. The number of halogens is 2. The molecule has 0 atom stereocenters. The van der Waals surface area contributed by atoms with Crippen molar-refractivity contribution in [1.82, 2.24) is 4.90 Å². The van der Waals surface area contributed by atoms with Crippen LogP contribution in [0.3, 0.4) is 0 Å². The molecular formula is C35H41ClINO4. The molecule has 224 valence electrons. The van der Waals surface area contributed by atoms with Crippen LogP contribution in [0.15, 0.2) is 58.9 Å². The second-order valence-electron chi connectivity index (χ2n) is 13.4. The van der Waals surface area contributed by atoms with E-state index in [4.69, 9.17) is 21.1 Å². The predicted octanol–water partition coefficient (Wildman–Crippen LogP) is 9.02. The first kappa shape index (κ1) is 31.1. The zero-order valence-electron chi connectivity index (χ0n) is 25.5. The minimum absolute atomic E-state index is 0.136. The summed E-state index contributed by atoms with van der Waals surface area (Å²) in [6.07, 6.45) is 3.51. The van der Waals surface area contributed by atoms with E-state index in [1.54, 1.807) is 0 Å². The van der Waals surface area contributed by atoms with Crippen molar-refractivity contribution in [3.8, 4) is 11.5 Å². The lowest BCUT2D eigenvalue weighted by Gasteiger charge is -2.49. The van der Waals surface area contributed by atoms with Gasteiger partial charge < -0.3 is 14.4 Å². The molecule has 0 radical (unpaired) electrons. The number of ketones is 2. The van der Waals surface area contributed by atoms with Crippen molar-refractivity contribution in [1.29, 1.82) is 0 Å². The van der Waals surface area contributed by atoms with E-state index < -0.39 is 5.92 Å². The quantitative estimate of drug-likeness (QED) is 0.257. The molecule has 42 heavy (non-hydrogen) atoms. The van der Waals surface area contributed by atoms with E-state index in [2.05, 4.69) is 68.2 Å². The van der Waals surface area contributed by atoms with E-state index in [0.717, 1.165) is 63.0 Å². The Hall–Kier alpha value is -2.32. The Labute approximate surface area is 268 Å². The van der Waals surface area contributed by atoms with Crippen LogP contribution in [0, 0.1) is 14.4 Å². The number of Topliss-reactive ketones (excluding diaryl/α,β-unsaturated/α-hetero) is 2. The standard InChI is InChI=1S/C35H41ClINO4/c1-7-13-38-25-16-34(3,4)18-27(39)31(25)30(32-26(38)17-35(5,6)19-28(32)40)22-14-24(37)33(29(15-22)41-8-2)42-20-21-9-11-23(36)12-10-21/h9-12,14-15,30H,7-8,13,16-20H2,1-6H3. The monoisotopic (exact) mass is 701 g/mol. The third kappa shape index (κ3) is 6.17. The van der Waals surface area contributed by atoms with Crippen molar-refractivity contribution in [2.45, 2.75) is 86.2 Å². The lowest BCUT2D eigenvalue weighted by Crippen LogP contribution is -2.44. The molecule has 0 amide bonds. The molecule has 2 aliphatic carbocycles. The molecule has 0 fully saturated rings. The topological polar surface area (TPSA) is 55.8 Å². The van der Waals surface area contributed by atoms with Gasteiger partial charge in [-0.05, 0) is 95.0 Å². The smallest absolute Gasteiger partial charge is 0.174 e. The van der Waals surface area contributed by atoms with Gasteiger partial charge in [0.05, 0.1) is 10.2 Å². The maximum absolute atomic E-state index is 14.0. The van der Waals surface area contributed by atoms with Gasteiger partial charge in [-0.3, -0.25) is 9.59 Å². The van der Waals surface area contributed by atoms with Gasteiger partial charge in [-0.2, -0.15) is 0 Å². The Bertz CT molecular complexity index is 1420. The van der Waals surface area contributed by atoms with Crippen molar-refractivity contribution in [3.05, 3.63) is 78.7 Å². The zero-order chi connectivity index (χ0) is 30.4. The average molecular weight is 702 g/mol. The second kappa shape index (κ2) is 12.0. The summed E-state index contributed by atoms with van der Waals surface area (Å²) in [6.45, 7) is 14.5. The number of allylic oxidation sites excluding steroid dienone is 4. The number of hydrogen-bond donors (Lipinski definition) is 0. The minimum Gasteiger partial charge on any atom is -0.490 e. The Morgan fingerprint density at radius 1 is 0.881 bits per heavy atom. The lowest BCUT2D eigenvalue weighted by atomic mass is 9.63. The highest BCUT2D eigenvalue weighted by atomic mass is 127. The van der Waals surface area contributed by atoms with Gasteiger partial charge in [-0.25, -0.2) is 0 Å². The third-order valence-electron chi connectivity index (χ3n) is 8.43. The third-order valence-corrected chi connectivity index (χ3v) is 9.48. The number of carbonyl (C=O) groups is 2. The number of benzene rings is 2. The molecule has 7 heteroatoms. The molecular weight excluding hydrogens is 661 g/mol. The Kier molecular flexibility index (Phi) is 8.88. The van der Waals surface area contributed by atoms with Crippen molar-refractivity contribution in [2.75, 3.05) is 13.2 Å². The number of rotatable bonds is 8. The fourth-order valence-corrected chi connectivity index (χ4v) is 7.68. The summed E-state index contributed by atoms with van der Waals surface area (Å²) in [5.41, 5.74) is 5.43. The highest BCUT2D eigenvalue weighted by molar-refractivity contribution is 14.1.